The van der Waals surface area contributed by atoms with Gasteiger partial charge in [-0.25, -0.2) is 12.8 Å². The van der Waals surface area contributed by atoms with E-state index >= 15 is 0 Å². The fraction of sp³-hybridized carbons (Fsp3) is 0.480. The molecule has 178 valence electrons. The number of carbonyl (C=O) groups excluding carboxylic acids is 1. The maximum absolute atomic E-state index is 13.1. The van der Waals surface area contributed by atoms with Crippen LogP contribution in [-0.2, 0) is 14.8 Å². The van der Waals surface area contributed by atoms with Gasteiger partial charge >= 0.3 is 0 Å². The van der Waals surface area contributed by atoms with E-state index in [2.05, 4.69) is 34.5 Å². The Morgan fingerprint density at radius 2 is 1.55 bits per heavy atom. The van der Waals surface area contributed by atoms with E-state index in [1.54, 1.807) is 0 Å². The third-order valence-electron chi connectivity index (χ3n) is 6.75. The Morgan fingerprint density at radius 3 is 2.15 bits per heavy atom. The zero-order valence-corrected chi connectivity index (χ0v) is 19.9. The zero-order chi connectivity index (χ0) is 23.4. The third kappa shape index (κ3) is 5.55. The normalized spacial score (nSPS) is 19.3. The van der Waals surface area contributed by atoms with Crippen molar-refractivity contribution in [1.29, 1.82) is 0 Å². The molecule has 1 N–H and O–H groups in total. The molecule has 2 aliphatic heterocycles. The van der Waals surface area contributed by atoms with E-state index in [1.165, 1.54) is 41.4 Å². The highest BCUT2D eigenvalue weighted by atomic mass is 32.2. The van der Waals surface area contributed by atoms with Gasteiger partial charge in [0.25, 0.3) is 0 Å². The number of halogens is 1. The van der Waals surface area contributed by atoms with E-state index in [-0.39, 0.29) is 35.9 Å². The van der Waals surface area contributed by atoms with Crippen LogP contribution < -0.4 is 10.2 Å². The standard InChI is InChI=1S/C25H32FN3O3S/c1-19(20-5-9-23(10-6-20)28-15-3-2-4-16-28)27-25(30)21-13-17-29(18-14-21)33(31,32)24-11-7-22(26)8-12-24/h5-12,19,21H,2-4,13-18H2,1H3,(H,27,30)/t19-/m0/s1. The minimum absolute atomic E-state index is 0.0403. The predicted octanol–water partition coefficient (Wildman–Crippen LogP) is 4.09. The van der Waals surface area contributed by atoms with Gasteiger partial charge in [0, 0.05) is 37.8 Å². The third-order valence-corrected chi connectivity index (χ3v) is 8.66. The lowest BCUT2D eigenvalue weighted by molar-refractivity contribution is -0.126. The van der Waals surface area contributed by atoms with Crippen LogP contribution in [0.25, 0.3) is 0 Å². The summed E-state index contributed by atoms with van der Waals surface area (Å²) in [5.74, 6) is -0.735. The summed E-state index contributed by atoms with van der Waals surface area (Å²) in [5.41, 5.74) is 2.28. The number of nitrogens with one attached hydrogen (secondary N) is 1. The molecule has 0 radical (unpaired) electrons. The molecule has 0 bridgehead atoms. The molecular weight excluding hydrogens is 441 g/mol. The van der Waals surface area contributed by atoms with Gasteiger partial charge in [0.05, 0.1) is 10.9 Å². The number of hydrogen-bond acceptors (Lipinski definition) is 4. The van der Waals surface area contributed by atoms with Crippen LogP contribution in [0.15, 0.2) is 53.4 Å². The maximum atomic E-state index is 13.1. The molecule has 2 aliphatic rings. The first-order valence-corrected chi connectivity index (χ1v) is 13.2. The average Bonchev–Trinajstić information content (AvgIpc) is 2.85. The molecule has 4 rings (SSSR count). The molecule has 0 aliphatic carbocycles. The van der Waals surface area contributed by atoms with Crippen molar-refractivity contribution < 1.29 is 17.6 Å². The monoisotopic (exact) mass is 473 g/mol. The maximum Gasteiger partial charge on any atom is 0.243 e. The van der Waals surface area contributed by atoms with E-state index in [9.17, 15) is 17.6 Å². The van der Waals surface area contributed by atoms with Gasteiger partial charge < -0.3 is 10.2 Å². The van der Waals surface area contributed by atoms with E-state index in [1.807, 2.05) is 6.92 Å². The van der Waals surface area contributed by atoms with E-state index in [0.29, 0.717) is 12.8 Å². The van der Waals surface area contributed by atoms with Gasteiger partial charge in [-0.2, -0.15) is 4.31 Å². The Hall–Kier alpha value is -2.45. The van der Waals surface area contributed by atoms with Crippen LogP contribution in [0.4, 0.5) is 10.1 Å². The van der Waals surface area contributed by atoms with Gasteiger partial charge in [-0.3, -0.25) is 4.79 Å². The number of carbonyl (C=O) groups is 1. The Labute approximate surface area is 195 Å². The second kappa shape index (κ2) is 10.2. The smallest absolute Gasteiger partial charge is 0.243 e. The quantitative estimate of drug-likeness (QED) is 0.686. The Bertz CT molecular complexity index is 1040. The van der Waals surface area contributed by atoms with Crippen LogP contribution in [0.5, 0.6) is 0 Å². The molecule has 2 heterocycles. The summed E-state index contributed by atoms with van der Waals surface area (Å²) < 4.78 is 40.1. The minimum atomic E-state index is -3.68. The van der Waals surface area contributed by atoms with Gasteiger partial charge in [-0.1, -0.05) is 12.1 Å². The molecule has 0 saturated carbocycles. The second-order valence-electron chi connectivity index (χ2n) is 9.00. The lowest BCUT2D eigenvalue weighted by atomic mass is 9.96. The topological polar surface area (TPSA) is 69.7 Å². The van der Waals surface area contributed by atoms with Gasteiger partial charge in [0.1, 0.15) is 5.82 Å². The Kier molecular flexibility index (Phi) is 7.34. The number of anilines is 1. The van der Waals surface area contributed by atoms with Crippen LogP contribution >= 0.6 is 0 Å². The molecule has 2 saturated heterocycles. The van der Waals surface area contributed by atoms with Gasteiger partial charge in [-0.15, -0.1) is 0 Å². The second-order valence-corrected chi connectivity index (χ2v) is 10.9. The van der Waals surface area contributed by atoms with Crippen molar-refractivity contribution in [3.8, 4) is 0 Å². The summed E-state index contributed by atoms with van der Waals surface area (Å²) in [7, 11) is -3.68. The largest absolute Gasteiger partial charge is 0.372 e. The van der Waals surface area contributed by atoms with Crippen LogP contribution in [0.3, 0.4) is 0 Å². The van der Waals surface area contributed by atoms with E-state index in [4.69, 9.17) is 0 Å². The summed E-state index contributed by atoms with van der Waals surface area (Å²) >= 11 is 0. The lowest BCUT2D eigenvalue weighted by Crippen LogP contribution is -2.43. The molecule has 1 atom stereocenters. The summed E-state index contributed by atoms with van der Waals surface area (Å²) in [5, 5.41) is 3.09. The molecule has 1 amide bonds. The highest BCUT2D eigenvalue weighted by molar-refractivity contribution is 7.89. The average molecular weight is 474 g/mol. The number of nitrogens with zero attached hydrogens (tertiary/aromatic N) is 2. The number of amides is 1. The minimum Gasteiger partial charge on any atom is -0.372 e. The number of hydrogen-bond donors (Lipinski definition) is 1. The number of piperidine rings is 2. The highest BCUT2D eigenvalue weighted by Crippen LogP contribution is 2.26. The molecule has 2 aromatic rings. The zero-order valence-electron chi connectivity index (χ0n) is 19.0. The van der Waals surface area contributed by atoms with Crippen molar-refractivity contribution in [1.82, 2.24) is 9.62 Å². The first-order valence-electron chi connectivity index (χ1n) is 11.8. The highest BCUT2D eigenvalue weighted by Gasteiger charge is 2.32. The fourth-order valence-electron chi connectivity index (χ4n) is 4.65. The Morgan fingerprint density at radius 1 is 0.939 bits per heavy atom. The molecular formula is C25H32FN3O3S. The molecule has 2 aromatic carbocycles. The van der Waals surface area contributed by atoms with Crippen LogP contribution in [0.1, 0.15) is 50.6 Å². The Balaban J connectivity index is 1.30. The molecule has 8 heteroatoms. The first-order chi connectivity index (χ1) is 15.8. The van der Waals surface area contributed by atoms with Crippen molar-refractivity contribution in [3.05, 3.63) is 59.9 Å². The molecule has 0 aromatic heterocycles. The predicted molar refractivity (Wildman–Crippen MR) is 127 cm³/mol. The van der Waals surface area contributed by atoms with E-state index in [0.717, 1.165) is 30.8 Å². The summed E-state index contributed by atoms with van der Waals surface area (Å²) in [4.78, 5) is 15.3. The van der Waals surface area contributed by atoms with E-state index < -0.39 is 15.8 Å². The van der Waals surface area contributed by atoms with Gasteiger partial charge in [-0.05, 0) is 81.0 Å². The van der Waals surface area contributed by atoms with Crippen molar-refractivity contribution in [3.63, 3.8) is 0 Å². The summed E-state index contributed by atoms with van der Waals surface area (Å²) in [6, 6.07) is 13.1. The van der Waals surface area contributed by atoms with Crippen LogP contribution in [0.2, 0.25) is 0 Å². The molecule has 0 unspecified atom stereocenters. The van der Waals surface area contributed by atoms with Gasteiger partial charge in [0.15, 0.2) is 0 Å². The molecule has 33 heavy (non-hydrogen) atoms. The van der Waals surface area contributed by atoms with Crippen LogP contribution in [-0.4, -0.2) is 44.8 Å². The first kappa shape index (κ1) is 23.7. The lowest BCUT2D eigenvalue weighted by Gasteiger charge is -2.31. The van der Waals surface area contributed by atoms with Crippen molar-refractivity contribution in [2.75, 3.05) is 31.1 Å². The summed E-state index contributed by atoms with van der Waals surface area (Å²) in [6.07, 6.45) is 4.70. The number of sulfonamides is 1. The fourth-order valence-corrected chi connectivity index (χ4v) is 6.12. The van der Waals surface area contributed by atoms with Crippen molar-refractivity contribution in [2.45, 2.75) is 50.0 Å². The van der Waals surface area contributed by atoms with Crippen LogP contribution in [0, 0.1) is 11.7 Å². The van der Waals surface area contributed by atoms with Crippen molar-refractivity contribution >= 4 is 21.6 Å². The molecule has 2 fully saturated rings. The SMILES string of the molecule is C[C@H](NC(=O)C1CCN(S(=O)(=O)c2ccc(F)cc2)CC1)c1ccc(N2CCCCC2)cc1. The molecule has 0 spiro atoms. The summed E-state index contributed by atoms with van der Waals surface area (Å²) in [6.45, 7) is 4.72. The van der Waals surface area contributed by atoms with Crippen molar-refractivity contribution in [2.24, 2.45) is 5.92 Å². The molecule has 6 nitrogen and oxygen atoms in total. The van der Waals surface area contributed by atoms with Gasteiger partial charge in [0.2, 0.25) is 15.9 Å². The number of benzene rings is 2. The number of rotatable bonds is 6.